The Bertz CT molecular complexity index is 1020. The van der Waals surface area contributed by atoms with Crippen molar-refractivity contribution in [3.05, 3.63) is 74.4 Å². The van der Waals surface area contributed by atoms with Crippen LogP contribution in [0.3, 0.4) is 0 Å². The van der Waals surface area contributed by atoms with Crippen LogP contribution in [0, 0.1) is 6.92 Å². The van der Waals surface area contributed by atoms with E-state index in [1.54, 1.807) is 22.9 Å². The molecule has 3 rings (SSSR count). The van der Waals surface area contributed by atoms with Gasteiger partial charge in [-0.2, -0.15) is 10.2 Å². The standard InChI is InChI=1S/C19H15BrCl2N4O2/c1-12-15(19(22)26(25-12)14-5-3-2-4-6-14)10-23-24-18(27)11-28-17-8-7-13(21)9-16(17)20/h2-10H,11H2,1H3,(H,24,27). The first-order valence-electron chi connectivity index (χ1n) is 8.16. The van der Waals surface area contributed by atoms with Crippen LogP contribution >= 0.6 is 39.1 Å². The maximum Gasteiger partial charge on any atom is 0.277 e. The number of aryl methyl sites for hydroxylation is 1. The molecule has 0 aliphatic heterocycles. The number of ether oxygens (including phenoxy) is 1. The molecule has 1 N–H and O–H groups in total. The van der Waals surface area contributed by atoms with Gasteiger partial charge in [-0.1, -0.05) is 41.4 Å². The van der Waals surface area contributed by atoms with Gasteiger partial charge in [-0.25, -0.2) is 10.1 Å². The first kappa shape index (κ1) is 20.4. The normalized spacial score (nSPS) is 11.0. The fraction of sp³-hybridized carbons (Fsp3) is 0.105. The third-order valence-corrected chi connectivity index (χ3v) is 4.90. The molecule has 1 aromatic heterocycles. The quantitative estimate of drug-likeness (QED) is 0.407. The fourth-order valence-corrected chi connectivity index (χ4v) is 3.45. The molecule has 0 saturated heterocycles. The van der Waals surface area contributed by atoms with Crippen LogP contribution in [0.15, 0.2) is 58.1 Å². The summed E-state index contributed by atoms with van der Waals surface area (Å²) in [5, 5.41) is 9.33. The van der Waals surface area contributed by atoms with Crippen LogP contribution < -0.4 is 10.2 Å². The third kappa shape index (κ3) is 4.92. The molecule has 0 atom stereocenters. The molecule has 6 nitrogen and oxygen atoms in total. The van der Waals surface area contributed by atoms with Gasteiger partial charge in [0, 0.05) is 5.02 Å². The summed E-state index contributed by atoms with van der Waals surface area (Å²) in [7, 11) is 0. The fourth-order valence-electron chi connectivity index (χ4n) is 2.33. The Morgan fingerprint density at radius 1 is 1.29 bits per heavy atom. The van der Waals surface area contributed by atoms with Crippen LogP contribution in [0.1, 0.15) is 11.3 Å². The lowest BCUT2D eigenvalue weighted by molar-refractivity contribution is -0.123. The molecule has 0 aliphatic rings. The average molecular weight is 482 g/mol. The number of hydrazone groups is 1. The van der Waals surface area contributed by atoms with Crippen molar-refractivity contribution in [1.29, 1.82) is 0 Å². The second kappa shape index (κ2) is 9.23. The molecular weight excluding hydrogens is 467 g/mol. The number of aromatic nitrogens is 2. The van der Waals surface area contributed by atoms with Gasteiger partial charge in [0.1, 0.15) is 10.9 Å². The van der Waals surface area contributed by atoms with E-state index in [4.69, 9.17) is 27.9 Å². The van der Waals surface area contributed by atoms with E-state index in [0.717, 1.165) is 5.69 Å². The minimum Gasteiger partial charge on any atom is -0.483 e. The van der Waals surface area contributed by atoms with E-state index in [9.17, 15) is 4.79 Å². The highest BCUT2D eigenvalue weighted by Gasteiger charge is 2.13. The van der Waals surface area contributed by atoms with Gasteiger partial charge in [0.05, 0.1) is 27.6 Å². The molecule has 9 heteroatoms. The molecule has 2 aromatic carbocycles. The van der Waals surface area contributed by atoms with E-state index in [1.807, 2.05) is 37.3 Å². The van der Waals surface area contributed by atoms with Gasteiger partial charge in [0.2, 0.25) is 0 Å². The third-order valence-electron chi connectivity index (χ3n) is 3.68. The van der Waals surface area contributed by atoms with Crippen molar-refractivity contribution in [2.75, 3.05) is 6.61 Å². The predicted octanol–water partition coefficient (Wildman–Crippen LogP) is 4.78. The molecule has 0 aliphatic carbocycles. The zero-order valence-electron chi connectivity index (χ0n) is 14.7. The summed E-state index contributed by atoms with van der Waals surface area (Å²) in [6.07, 6.45) is 1.46. The van der Waals surface area contributed by atoms with Crippen LogP contribution in [0.5, 0.6) is 5.75 Å². The van der Waals surface area contributed by atoms with Gasteiger partial charge in [-0.3, -0.25) is 4.79 Å². The molecule has 28 heavy (non-hydrogen) atoms. The summed E-state index contributed by atoms with van der Waals surface area (Å²) < 4.78 is 7.70. The topological polar surface area (TPSA) is 68.5 Å². The molecule has 0 radical (unpaired) electrons. The van der Waals surface area contributed by atoms with E-state index in [2.05, 4.69) is 31.6 Å². The van der Waals surface area contributed by atoms with Crippen molar-refractivity contribution in [3.63, 3.8) is 0 Å². The number of hydrogen-bond donors (Lipinski definition) is 1. The minimum atomic E-state index is -0.415. The van der Waals surface area contributed by atoms with Gasteiger partial charge in [-0.05, 0) is 53.2 Å². The number of nitrogens with one attached hydrogen (secondary N) is 1. The molecule has 144 valence electrons. The molecule has 1 amide bonds. The number of halogens is 3. The zero-order chi connectivity index (χ0) is 20.1. The maximum absolute atomic E-state index is 11.9. The van der Waals surface area contributed by atoms with Gasteiger partial charge in [-0.15, -0.1) is 0 Å². The molecule has 1 heterocycles. The number of hydrogen-bond acceptors (Lipinski definition) is 4. The average Bonchev–Trinajstić information content (AvgIpc) is 2.96. The maximum atomic E-state index is 11.9. The summed E-state index contributed by atoms with van der Waals surface area (Å²) in [6.45, 7) is 1.61. The zero-order valence-corrected chi connectivity index (χ0v) is 17.8. The van der Waals surface area contributed by atoms with Crippen molar-refractivity contribution in [2.24, 2.45) is 5.10 Å². The lowest BCUT2D eigenvalue weighted by Crippen LogP contribution is -2.24. The van der Waals surface area contributed by atoms with E-state index in [-0.39, 0.29) is 6.61 Å². The lowest BCUT2D eigenvalue weighted by Gasteiger charge is -2.07. The summed E-state index contributed by atoms with van der Waals surface area (Å²) in [4.78, 5) is 11.9. The summed E-state index contributed by atoms with van der Waals surface area (Å²) >= 11 is 15.6. The van der Waals surface area contributed by atoms with Crippen molar-refractivity contribution < 1.29 is 9.53 Å². The number of rotatable bonds is 6. The number of carbonyl (C=O) groups is 1. The Hall–Kier alpha value is -2.35. The molecule has 0 unspecified atom stereocenters. The SMILES string of the molecule is Cc1nn(-c2ccccc2)c(Cl)c1C=NNC(=O)COc1ccc(Cl)cc1Br. The van der Waals surface area contributed by atoms with E-state index < -0.39 is 5.91 Å². The van der Waals surface area contributed by atoms with Gasteiger partial charge in [0.15, 0.2) is 6.61 Å². The summed E-state index contributed by atoms with van der Waals surface area (Å²) in [5.74, 6) is 0.0916. The summed E-state index contributed by atoms with van der Waals surface area (Å²) in [6, 6.07) is 14.5. The van der Waals surface area contributed by atoms with Crippen molar-refractivity contribution in [3.8, 4) is 11.4 Å². The van der Waals surface area contributed by atoms with Crippen LogP contribution in [-0.4, -0.2) is 28.5 Å². The van der Waals surface area contributed by atoms with Gasteiger partial charge >= 0.3 is 0 Å². The van der Waals surface area contributed by atoms with Crippen molar-refractivity contribution >= 4 is 51.3 Å². The van der Waals surface area contributed by atoms with E-state index >= 15 is 0 Å². The van der Waals surface area contributed by atoms with Crippen molar-refractivity contribution in [1.82, 2.24) is 15.2 Å². The number of amides is 1. The second-order valence-corrected chi connectivity index (χ2v) is 7.34. The Kier molecular flexibility index (Phi) is 6.72. The highest BCUT2D eigenvalue weighted by atomic mass is 79.9. The number of para-hydroxylation sites is 1. The predicted molar refractivity (Wildman–Crippen MR) is 114 cm³/mol. The number of benzene rings is 2. The first-order valence-corrected chi connectivity index (χ1v) is 9.71. The molecule has 0 bridgehead atoms. The smallest absolute Gasteiger partial charge is 0.277 e. The minimum absolute atomic E-state index is 0.201. The van der Waals surface area contributed by atoms with E-state index in [0.29, 0.717) is 31.7 Å². The first-order chi connectivity index (χ1) is 13.5. The second-order valence-electron chi connectivity index (χ2n) is 5.69. The van der Waals surface area contributed by atoms with Crippen LogP contribution in [-0.2, 0) is 4.79 Å². The highest BCUT2D eigenvalue weighted by Crippen LogP contribution is 2.27. The molecule has 0 saturated carbocycles. The largest absolute Gasteiger partial charge is 0.483 e. The van der Waals surface area contributed by atoms with Crippen LogP contribution in [0.2, 0.25) is 10.2 Å². The Morgan fingerprint density at radius 2 is 2.04 bits per heavy atom. The highest BCUT2D eigenvalue weighted by molar-refractivity contribution is 9.10. The number of nitrogens with zero attached hydrogens (tertiary/aromatic N) is 3. The Morgan fingerprint density at radius 3 is 2.75 bits per heavy atom. The molecule has 3 aromatic rings. The molecular formula is C19H15BrCl2N4O2. The van der Waals surface area contributed by atoms with Gasteiger partial charge in [0.25, 0.3) is 5.91 Å². The molecule has 0 spiro atoms. The number of carbonyl (C=O) groups excluding carboxylic acids is 1. The monoisotopic (exact) mass is 480 g/mol. The van der Waals surface area contributed by atoms with Gasteiger partial charge < -0.3 is 4.74 Å². The Balaban J connectivity index is 1.61. The Labute approximate surface area is 180 Å². The van der Waals surface area contributed by atoms with Crippen LogP contribution in [0.25, 0.3) is 5.69 Å². The van der Waals surface area contributed by atoms with Crippen molar-refractivity contribution in [2.45, 2.75) is 6.92 Å². The summed E-state index contributed by atoms with van der Waals surface area (Å²) in [5.41, 5.74) is 4.54. The van der Waals surface area contributed by atoms with E-state index in [1.165, 1.54) is 6.21 Å². The molecule has 0 fully saturated rings. The van der Waals surface area contributed by atoms with Crippen LogP contribution in [0.4, 0.5) is 0 Å². The lowest BCUT2D eigenvalue weighted by atomic mass is 10.3.